The number of benzene rings is 3. The van der Waals surface area contributed by atoms with Gasteiger partial charge in [-0.15, -0.1) is 0 Å². The molecule has 2 aliphatic rings. The van der Waals surface area contributed by atoms with Gasteiger partial charge in [0.25, 0.3) is 0 Å². The van der Waals surface area contributed by atoms with Gasteiger partial charge in [-0.1, -0.05) is 70.2 Å². The van der Waals surface area contributed by atoms with Crippen LogP contribution in [0.3, 0.4) is 0 Å². The average Bonchev–Trinajstić information content (AvgIpc) is 3.01. The summed E-state index contributed by atoms with van der Waals surface area (Å²) < 4.78 is 12.1. The zero-order valence-corrected chi connectivity index (χ0v) is 17.9. The van der Waals surface area contributed by atoms with Gasteiger partial charge in [0, 0.05) is 24.0 Å². The van der Waals surface area contributed by atoms with Crippen molar-refractivity contribution in [2.45, 2.75) is 46.0 Å². The minimum atomic E-state index is -0.264. The van der Waals surface area contributed by atoms with Gasteiger partial charge >= 0.3 is 7.12 Å². The van der Waals surface area contributed by atoms with Crippen molar-refractivity contribution in [3.05, 3.63) is 65.7 Å². The Morgan fingerprint density at radius 2 is 1.52 bits per heavy atom. The Morgan fingerprint density at radius 3 is 2.24 bits per heavy atom. The second-order valence-electron chi connectivity index (χ2n) is 9.46. The quantitative estimate of drug-likeness (QED) is 0.540. The third-order valence-electron chi connectivity index (χ3n) is 6.98. The molecule has 5 rings (SSSR count). The molecule has 0 aromatic heterocycles. The van der Waals surface area contributed by atoms with E-state index in [-0.39, 0.29) is 17.9 Å². The maximum atomic E-state index is 6.03. The van der Waals surface area contributed by atoms with E-state index in [9.17, 15) is 0 Å². The molecule has 1 saturated heterocycles. The molecule has 3 aromatic rings. The van der Waals surface area contributed by atoms with Crippen molar-refractivity contribution in [1.82, 2.24) is 0 Å². The molecule has 148 valence electrons. The number of hydrogen-bond donors (Lipinski definition) is 0. The summed E-state index contributed by atoms with van der Waals surface area (Å²) in [5, 5.41) is 2.55. The minimum Gasteiger partial charge on any atom is -0.407 e. The second-order valence-corrected chi connectivity index (χ2v) is 9.46. The van der Waals surface area contributed by atoms with E-state index in [1.54, 1.807) is 0 Å². The van der Waals surface area contributed by atoms with Gasteiger partial charge in [-0.2, -0.15) is 0 Å². The largest absolute Gasteiger partial charge is 0.493 e. The van der Waals surface area contributed by atoms with E-state index >= 15 is 0 Å². The Bertz CT molecular complexity index is 1070. The number of rotatable bonds is 3. The molecule has 3 aromatic carbocycles. The van der Waals surface area contributed by atoms with E-state index in [4.69, 9.17) is 9.31 Å². The van der Waals surface area contributed by atoms with Crippen molar-refractivity contribution in [3.8, 4) is 11.1 Å². The maximum Gasteiger partial charge on any atom is 0.493 e. The van der Waals surface area contributed by atoms with Gasteiger partial charge in [-0.3, -0.25) is 0 Å². The maximum absolute atomic E-state index is 6.03. The van der Waals surface area contributed by atoms with E-state index in [1.165, 1.54) is 33.0 Å². The van der Waals surface area contributed by atoms with Gasteiger partial charge in [-0.05, 0) is 63.5 Å². The lowest BCUT2D eigenvalue weighted by Gasteiger charge is -2.33. The Balaban J connectivity index is 1.62. The van der Waals surface area contributed by atoms with Gasteiger partial charge in [0.2, 0.25) is 0 Å². The average molecular weight is 384 g/mol. The smallest absolute Gasteiger partial charge is 0.407 e. The summed E-state index contributed by atoms with van der Waals surface area (Å²) in [5.74, 6) is 0. The van der Waals surface area contributed by atoms with Crippen LogP contribution in [0, 0.1) is 5.41 Å². The predicted molar refractivity (Wildman–Crippen MR) is 122 cm³/mol. The van der Waals surface area contributed by atoms with E-state index < -0.39 is 0 Å². The SMILES string of the molecule is CCC1(CC)c2ccccc2-c2cc3ccc(B4OCC(C)(C)CO4)cc3cc21. The van der Waals surface area contributed by atoms with Crippen LogP contribution in [-0.4, -0.2) is 20.3 Å². The van der Waals surface area contributed by atoms with Crippen LogP contribution in [0.1, 0.15) is 51.7 Å². The van der Waals surface area contributed by atoms with Crippen molar-refractivity contribution in [2.24, 2.45) is 5.41 Å². The molecular formula is C26H29BO2. The molecule has 1 fully saturated rings. The van der Waals surface area contributed by atoms with Crippen LogP contribution < -0.4 is 5.46 Å². The lowest BCUT2D eigenvalue weighted by molar-refractivity contribution is 0.0343. The highest BCUT2D eigenvalue weighted by Gasteiger charge is 2.40. The summed E-state index contributed by atoms with van der Waals surface area (Å²) in [6, 6.07) is 20.4. The first kappa shape index (κ1) is 18.9. The topological polar surface area (TPSA) is 18.5 Å². The molecule has 0 radical (unpaired) electrons. The molecule has 0 saturated carbocycles. The summed E-state index contributed by atoms with van der Waals surface area (Å²) in [7, 11) is -0.264. The normalized spacial score (nSPS) is 19.2. The Morgan fingerprint density at radius 1 is 0.793 bits per heavy atom. The molecular weight excluding hydrogens is 355 g/mol. The van der Waals surface area contributed by atoms with E-state index in [0.29, 0.717) is 0 Å². The molecule has 0 N–H and O–H groups in total. The van der Waals surface area contributed by atoms with E-state index in [1.807, 2.05) is 0 Å². The molecule has 3 heteroatoms. The highest BCUT2D eigenvalue weighted by molar-refractivity contribution is 6.61. The molecule has 29 heavy (non-hydrogen) atoms. The molecule has 2 nitrogen and oxygen atoms in total. The van der Waals surface area contributed by atoms with Crippen LogP contribution in [0.25, 0.3) is 21.9 Å². The van der Waals surface area contributed by atoms with Gasteiger partial charge in [0.1, 0.15) is 0 Å². The van der Waals surface area contributed by atoms with Crippen molar-refractivity contribution >= 4 is 23.4 Å². The van der Waals surface area contributed by atoms with Crippen molar-refractivity contribution < 1.29 is 9.31 Å². The molecule has 0 amide bonds. The summed E-state index contributed by atoms with van der Waals surface area (Å²) in [6.45, 7) is 10.5. The predicted octanol–water partition coefficient (Wildman–Crippen LogP) is 5.69. The lowest BCUT2D eigenvalue weighted by atomic mass is 9.72. The van der Waals surface area contributed by atoms with Crippen molar-refractivity contribution in [3.63, 3.8) is 0 Å². The fourth-order valence-electron chi connectivity index (χ4n) is 5.26. The van der Waals surface area contributed by atoms with Crippen LogP contribution >= 0.6 is 0 Å². The zero-order valence-electron chi connectivity index (χ0n) is 17.9. The van der Waals surface area contributed by atoms with Crippen LogP contribution in [0.4, 0.5) is 0 Å². The fourth-order valence-corrected chi connectivity index (χ4v) is 5.26. The van der Waals surface area contributed by atoms with Crippen LogP contribution in [-0.2, 0) is 14.7 Å². The molecule has 1 aliphatic carbocycles. The highest BCUT2D eigenvalue weighted by Crippen LogP contribution is 2.53. The summed E-state index contributed by atoms with van der Waals surface area (Å²) in [6.07, 6.45) is 2.23. The van der Waals surface area contributed by atoms with Gasteiger partial charge < -0.3 is 9.31 Å². The number of fused-ring (bicyclic) bond motifs is 4. The van der Waals surface area contributed by atoms with Gasteiger partial charge in [0.05, 0.1) is 0 Å². The second kappa shape index (κ2) is 6.72. The summed E-state index contributed by atoms with van der Waals surface area (Å²) in [4.78, 5) is 0. The fraction of sp³-hybridized carbons (Fsp3) is 0.385. The lowest BCUT2D eigenvalue weighted by Crippen LogP contribution is -2.47. The molecule has 0 atom stereocenters. The molecule has 0 spiro atoms. The standard InChI is InChI=1S/C26H29BO2/c1-5-26(6-2)23-10-8-7-9-21(23)22-14-18-11-12-20(13-19(18)15-24(22)26)27-28-16-25(3,4)17-29-27/h7-15H,5-6,16-17H2,1-4H3. The van der Waals surface area contributed by atoms with Crippen LogP contribution in [0.5, 0.6) is 0 Å². The molecule has 0 unspecified atom stereocenters. The summed E-state index contributed by atoms with van der Waals surface area (Å²) in [5.41, 5.74) is 7.06. The molecule has 0 bridgehead atoms. The first-order valence-corrected chi connectivity index (χ1v) is 10.9. The van der Waals surface area contributed by atoms with E-state index in [2.05, 4.69) is 82.3 Å². The first-order chi connectivity index (χ1) is 14.0. The first-order valence-electron chi connectivity index (χ1n) is 10.9. The Hall–Kier alpha value is -2.10. The van der Waals surface area contributed by atoms with Crippen molar-refractivity contribution in [1.29, 1.82) is 0 Å². The third kappa shape index (κ3) is 2.86. The van der Waals surface area contributed by atoms with Crippen LogP contribution in [0.2, 0.25) is 0 Å². The van der Waals surface area contributed by atoms with Gasteiger partial charge in [-0.25, -0.2) is 0 Å². The molecule has 1 heterocycles. The van der Waals surface area contributed by atoms with Crippen molar-refractivity contribution in [2.75, 3.05) is 13.2 Å². The van der Waals surface area contributed by atoms with E-state index in [0.717, 1.165) is 31.5 Å². The monoisotopic (exact) mass is 384 g/mol. The number of hydrogen-bond acceptors (Lipinski definition) is 2. The Kier molecular flexibility index (Phi) is 4.38. The zero-order chi connectivity index (χ0) is 20.2. The molecule has 1 aliphatic heterocycles. The summed E-state index contributed by atoms with van der Waals surface area (Å²) >= 11 is 0. The third-order valence-corrected chi connectivity index (χ3v) is 6.98. The minimum absolute atomic E-state index is 0.0851. The Labute approximate surface area is 174 Å². The van der Waals surface area contributed by atoms with Crippen LogP contribution in [0.15, 0.2) is 54.6 Å². The highest BCUT2D eigenvalue weighted by atomic mass is 16.6. The van der Waals surface area contributed by atoms with Gasteiger partial charge in [0.15, 0.2) is 0 Å².